The number of rotatable bonds is 4. The minimum atomic E-state index is -0.255. The molecule has 1 fully saturated rings. The molecule has 19 heavy (non-hydrogen) atoms. The molecule has 1 heterocycles. The maximum Gasteiger partial charge on any atom is 0.224 e. The van der Waals surface area contributed by atoms with Gasteiger partial charge in [0.1, 0.15) is 5.82 Å². The first-order valence-electron chi connectivity index (χ1n) is 6.34. The largest absolute Gasteiger partial charge is 0.383 e. The Morgan fingerprint density at radius 1 is 1.53 bits per heavy atom. The second-order valence-corrected chi connectivity index (χ2v) is 4.90. The van der Waals surface area contributed by atoms with Crippen molar-refractivity contribution in [1.82, 2.24) is 4.90 Å². The molecule has 0 saturated carbocycles. The minimum absolute atomic E-state index is 0.0246. The van der Waals surface area contributed by atoms with Crippen LogP contribution in [0.2, 0.25) is 0 Å². The predicted octanol–water partition coefficient (Wildman–Crippen LogP) is 1.38. The lowest BCUT2D eigenvalue weighted by molar-refractivity contribution is -0.129. The molecular weight excluding hydrogens is 247 g/mol. The molecule has 1 aliphatic heterocycles. The first kappa shape index (κ1) is 14.0. The van der Waals surface area contributed by atoms with Gasteiger partial charge in [-0.3, -0.25) is 4.79 Å². The van der Waals surface area contributed by atoms with Gasteiger partial charge in [-0.1, -0.05) is 12.1 Å². The van der Waals surface area contributed by atoms with Crippen molar-refractivity contribution in [3.05, 3.63) is 35.1 Å². The van der Waals surface area contributed by atoms with Gasteiger partial charge < -0.3 is 15.4 Å². The van der Waals surface area contributed by atoms with Crippen molar-refractivity contribution < 1.29 is 13.9 Å². The van der Waals surface area contributed by atoms with Crippen molar-refractivity contribution in [1.29, 1.82) is 0 Å². The highest BCUT2D eigenvalue weighted by Gasteiger charge is 2.38. The molecule has 0 radical (unpaired) electrons. The Hall–Kier alpha value is -1.46. The first-order chi connectivity index (χ1) is 9.04. The number of hydrogen-bond acceptors (Lipinski definition) is 3. The van der Waals surface area contributed by atoms with Crippen LogP contribution < -0.4 is 5.73 Å². The fourth-order valence-electron chi connectivity index (χ4n) is 2.55. The molecule has 0 bridgehead atoms. The number of methoxy groups -OCH3 is 1. The minimum Gasteiger partial charge on any atom is -0.383 e. The summed E-state index contributed by atoms with van der Waals surface area (Å²) in [6, 6.07) is 4.44. The van der Waals surface area contributed by atoms with Crippen LogP contribution in [0.1, 0.15) is 23.6 Å². The SMILES string of the molecule is COCCN1C(=O)CC(N)C1c1ccc(F)c(C)c1. The maximum atomic E-state index is 13.3. The van der Waals surface area contributed by atoms with Crippen LogP contribution in [0.5, 0.6) is 0 Å². The summed E-state index contributed by atoms with van der Waals surface area (Å²) in [6.45, 7) is 2.68. The molecule has 4 nitrogen and oxygen atoms in total. The van der Waals surface area contributed by atoms with Crippen LogP contribution in [-0.2, 0) is 9.53 Å². The van der Waals surface area contributed by atoms with Crippen LogP contribution in [0.15, 0.2) is 18.2 Å². The molecule has 2 unspecified atom stereocenters. The van der Waals surface area contributed by atoms with Gasteiger partial charge in [0, 0.05) is 26.1 Å². The van der Waals surface area contributed by atoms with Gasteiger partial charge in [-0.25, -0.2) is 4.39 Å². The number of amides is 1. The number of carbonyl (C=O) groups is 1. The van der Waals surface area contributed by atoms with Gasteiger partial charge in [0.05, 0.1) is 12.6 Å². The van der Waals surface area contributed by atoms with Gasteiger partial charge in [0.15, 0.2) is 0 Å². The Kier molecular flexibility index (Phi) is 4.17. The van der Waals surface area contributed by atoms with E-state index in [9.17, 15) is 9.18 Å². The number of hydrogen-bond donors (Lipinski definition) is 1. The molecule has 2 N–H and O–H groups in total. The average Bonchev–Trinajstić information content (AvgIpc) is 2.65. The van der Waals surface area contributed by atoms with E-state index in [1.54, 1.807) is 31.1 Å². The third kappa shape index (κ3) is 2.77. The van der Waals surface area contributed by atoms with Gasteiger partial charge in [-0.2, -0.15) is 0 Å². The molecule has 0 aromatic heterocycles. The van der Waals surface area contributed by atoms with Crippen LogP contribution in [0.4, 0.5) is 4.39 Å². The first-order valence-corrected chi connectivity index (χ1v) is 6.34. The number of nitrogens with zero attached hydrogens (tertiary/aromatic N) is 1. The summed E-state index contributed by atoms with van der Waals surface area (Å²) < 4.78 is 18.3. The lowest BCUT2D eigenvalue weighted by Gasteiger charge is -2.27. The molecule has 2 rings (SSSR count). The van der Waals surface area contributed by atoms with Crippen molar-refractivity contribution in [2.45, 2.75) is 25.4 Å². The third-order valence-electron chi connectivity index (χ3n) is 3.53. The van der Waals surface area contributed by atoms with Crippen molar-refractivity contribution in [3.63, 3.8) is 0 Å². The van der Waals surface area contributed by atoms with E-state index in [4.69, 9.17) is 10.5 Å². The van der Waals surface area contributed by atoms with Gasteiger partial charge in [-0.15, -0.1) is 0 Å². The molecule has 0 aliphatic carbocycles. The van der Waals surface area contributed by atoms with Crippen molar-refractivity contribution >= 4 is 5.91 Å². The van der Waals surface area contributed by atoms with Gasteiger partial charge in [-0.05, 0) is 24.1 Å². The van der Waals surface area contributed by atoms with Crippen molar-refractivity contribution in [2.24, 2.45) is 5.73 Å². The summed E-state index contributed by atoms with van der Waals surface area (Å²) in [6.07, 6.45) is 0.324. The average molecular weight is 266 g/mol. The molecule has 0 spiro atoms. The third-order valence-corrected chi connectivity index (χ3v) is 3.53. The van der Waals surface area contributed by atoms with E-state index < -0.39 is 0 Å². The highest BCUT2D eigenvalue weighted by atomic mass is 19.1. The molecule has 1 aliphatic rings. The number of aryl methyl sites for hydroxylation is 1. The Morgan fingerprint density at radius 3 is 2.89 bits per heavy atom. The van der Waals surface area contributed by atoms with E-state index in [1.165, 1.54) is 6.07 Å². The molecule has 1 aromatic carbocycles. The highest BCUT2D eigenvalue weighted by molar-refractivity contribution is 5.80. The van der Waals surface area contributed by atoms with Crippen molar-refractivity contribution in [2.75, 3.05) is 20.3 Å². The highest BCUT2D eigenvalue weighted by Crippen LogP contribution is 2.32. The zero-order chi connectivity index (χ0) is 14.0. The summed E-state index contributed by atoms with van der Waals surface area (Å²) in [7, 11) is 1.59. The lowest BCUT2D eigenvalue weighted by Crippen LogP contribution is -2.35. The van der Waals surface area contributed by atoms with Crippen LogP contribution >= 0.6 is 0 Å². The lowest BCUT2D eigenvalue weighted by atomic mass is 9.99. The Labute approximate surface area is 112 Å². The molecule has 1 aromatic rings. The normalized spacial score (nSPS) is 23.2. The fourth-order valence-corrected chi connectivity index (χ4v) is 2.55. The Balaban J connectivity index is 2.28. The molecule has 2 atom stereocenters. The standard InChI is InChI=1S/C14H19FN2O2/c1-9-7-10(3-4-11(9)15)14-12(16)8-13(18)17(14)5-6-19-2/h3-4,7,12,14H,5-6,8,16H2,1-2H3. The quantitative estimate of drug-likeness (QED) is 0.895. The van der Waals surface area contributed by atoms with Gasteiger partial charge >= 0.3 is 0 Å². The molecular formula is C14H19FN2O2. The predicted molar refractivity (Wildman–Crippen MR) is 70.1 cm³/mol. The summed E-state index contributed by atoms with van der Waals surface area (Å²) in [5, 5.41) is 0. The van der Waals surface area contributed by atoms with E-state index in [1.807, 2.05) is 0 Å². The topological polar surface area (TPSA) is 55.6 Å². The van der Waals surface area contributed by atoms with Crippen LogP contribution in [0, 0.1) is 12.7 Å². The molecule has 104 valence electrons. The Morgan fingerprint density at radius 2 is 2.26 bits per heavy atom. The van der Waals surface area contributed by atoms with Crippen LogP contribution in [-0.4, -0.2) is 37.1 Å². The van der Waals surface area contributed by atoms with Gasteiger partial charge in [0.2, 0.25) is 5.91 Å². The van der Waals surface area contributed by atoms with Crippen molar-refractivity contribution in [3.8, 4) is 0 Å². The zero-order valence-corrected chi connectivity index (χ0v) is 11.2. The van der Waals surface area contributed by atoms with E-state index in [0.29, 0.717) is 25.1 Å². The number of ether oxygens (including phenoxy) is 1. The number of nitrogens with two attached hydrogens (primary N) is 1. The van der Waals surface area contributed by atoms with E-state index in [2.05, 4.69) is 0 Å². The number of likely N-dealkylation sites (tertiary alicyclic amines) is 1. The van der Waals surface area contributed by atoms with Crippen LogP contribution in [0.3, 0.4) is 0 Å². The molecule has 5 heteroatoms. The second-order valence-electron chi connectivity index (χ2n) is 4.90. The second kappa shape index (κ2) is 5.67. The van der Waals surface area contributed by atoms with Gasteiger partial charge in [0.25, 0.3) is 0 Å². The monoisotopic (exact) mass is 266 g/mol. The maximum absolute atomic E-state index is 13.3. The zero-order valence-electron chi connectivity index (χ0n) is 11.2. The van der Waals surface area contributed by atoms with Crippen LogP contribution in [0.25, 0.3) is 0 Å². The van der Waals surface area contributed by atoms with E-state index >= 15 is 0 Å². The van der Waals surface area contributed by atoms with E-state index in [-0.39, 0.29) is 23.8 Å². The molecule has 1 amide bonds. The summed E-state index contributed by atoms with van der Waals surface area (Å²) in [5.41, 5.74) is 7.50. The molecule has 1 saturated heterocycles. The smallest absolute Gasteiger partial charge is 0.224 e. The summed E-state index contributed by atoms with van der Waals surface area (Å²) in [4.78, 5) is 13.7. The number of carbonyl (C=O) groups excluding carboxylic acids is 1. The summed E-state index contributed by atoms with van der Waals surface area (Å²) >= 11 is 0. The number of benzene rings is 1. The summed E-state index contributed by atoms with van der Waals surface area (Å²) in [5.74, 6) is -0.221. The fraction of sp³-hybridized carbons (Fsp3) is 0.500. The Bertz CT molecular complexity index is 479. The van der Waals surface area contributed by atoms with E-state index in [0.717, 1.165) is 5.56 Å². The number of halogens is 1.